The van der Waals surface area contributed by atoms with E-state index in [0.29, 0.717) is 31.6 Å². The van der Waals surface area contributed by atoms with Gasteiger partial charge < -0.3 is 10.1 Å². The molecule has 0 spiro atoms. The number of hydrogen-bond donors (Lipinski definition) is 1. The first-order chi connectivity index (χ1) is 9.59. The van der Waals surface area contributed by atoms with Crippen LogP contribution < -0.4 is 5.32 Å². The molecule has 0 saturated carbocycles. The summed E-state index contributed by atoms with van der Waals surface area (Å²) in [7, 11) is 0. The van der Waals surface area contributed by atoms with Crippen molar-refractivity contribution >= 4 is 11.9 Å². The number of benzene rings is 1. The summed E-state index contributed by atoms with van der Waals surface area (Å²) in [4.78, 5) is 22.7. The highest BCUT2D eigenvalue weighted by molar-refractivity contribution is 5.86. The van der Waals surface area contributed by atoms with Gasteiger partial charge in [0.05, 0.1) is 6.61 Å². The van der Waals surface area contributed by atoms with Crippen LogP contribution in [0.5, 0.6) is 0 Å². The number of carbonyl (C=O) groups excluding carboxylic acids is 2. The van der Waals surface area contributed by atoms with Crippen molar-refractivity contribution in [3.05, 3.63) is 48.0 Å². The van der Waals surface area contributed by atoms with Crippen molar-refractivity contribution in [3.8, 4) is 0 Å². The fourth-order valence-corrected chi connectivity index (χ4v) is 1.58. The Morgan fingerprint density at radius 2 is 1.95 bits per heavy atom. The van der Waals surface area contributed by atoms with Gasteiger partial charge in [-0.25, -0.2) is 4.79 Å². The van der Waals surface area contributed by atoms with E-state index >= 15 is 0 Å². The van der Waals surface area contributed by atoms with Gasteiger partial charge in [-0.3, -0.25) is 4.79 Å². The third-order valence-corrected chi connectivity index (χ3v) is 2.71. The average molecular weight is 275 g/mol. The van der Waals surface area contributed by atoms with Gasteiger partial charge in [-0.1, -0.05) is 36.9 Å². The molecule has 0 aliphatic rings. The number of carbonyl (C=O) groups is 2. The van der Waals surface area contributed by atoms with Crippen LogP contribution in [0.4, 0.5) is 0 Å². The summed E-state index contributed by atoms with van der Waals surface area (Å²) in [5, 5.41) is 2.80. The lowest BCUT2D eigenvalue weighted by Gasteiger charge is -2.06. The predicted molar refractivity (Wildman–Crippen MR) is 78.2 cm³/mol. The molecule has 0 fully saturated rings. The van der Waals surface area contributed by atoms with E-state index in [1.807, 2.05) is 30.3 Å². The molecule has 1 amide bonds. The molecule has 0 atom stereocenters. The summed E-state index contributed by atoms with van der Waals surface area (Å²) in [6.07, 6.45) is 1.81. The highest BCUT2D eigenvalue weighted by Gasteiger charge is 2.03. The van der Waals surface area contributed by atoms with Crippen molar-refractivity contribution in [1.82, 2.24) is 5.32 Å². The molecule has 0 radical (unpaired) electrons. The van der Waals surface area contributed by atoms with Crippen LogP contribution in [0, 0.1) is 0 Å². The third kappa shape index (κ3) is 6.73. The van der Waals surface area contributed by atoms with Crippen LogP contribution in [0.15, 0.2) is 42.5 Å². The number of esters is 1. The van der Waals surface area contributed by atoms with Gasteiger partial charge in [-0.05, 0) is 25.3 Å². The Kier molecular flexibility index (Phi) is 7.11. The number of aryl methyl sites for hydroxylation is 1. The molecular weight excluding hydrogens is 254 g/mol. The average Bonchev–Trinajstić information content (AvgIpc) is 2.45. The van der Waals surface area contributed by atoms with Crippen molar-refractivity contribution in [2.24, 2.45) is 0 Å². The van der Waals surface area contributed by atoms with E-state index in [1.165, 1.54) is 0 Å². The monoisotopic (exact) mass is 275 g/mol. The van der Waals surface area contributed by atoms with Crippen LogP contribution in [0.25, 0.3) is 0 Å². The van der Waals surface area contributed by atoms with Crippen LogP contribution in [0.2, 0.25) is 0 Å². The molecule has 0 unspecified atom stereocenters. The summed E-state index contributed by atoms with van der Waals surface area (Å²) in [5.41, 5.74) is 1.54. The van der Waals surface area contributed by atoms with Gasteiger partial charge in [0.1, 0.15) is 0 Å². The molecule has 20 heavy (non-hydrogen) atoms. The molecule has 0 heterocycles. The fraction of sp³-hybridized carbons (Fsp3) is 0.375. The quantitative estimate of drug-likeness (QED) is 0.450. The minimum atomic E-state index is -0.389. The third-order valence-electron chi connectivity index (χ3n) is 2.71. The summed E-state index contributed by atoms with van der Waals surface area (Å²) in [6, 6.07) is 9.89. The first-order valence-corrected chi connectivity index (χ1v) is 6.73. The van der Waals surface area contributed by atoms with Crippen LogP contribution >= 0.6 is 0 Å². The van der Waals surface area contributed by atoms with Crippen molar-refractivity contribution in [2.75, 3.05) is 13.2 Å². The number of rotatable bonds is 8. The molecule has 0 bridgehead atoms. The predicted octanol–water partition coefficient (Wildman–Crippen LogP) is 2.24. The Hall–Kier alpha value is -2.10. The van der Waals surface area contributed by atoms with Gasteiger partial charge in [-0.15, -0.1) is 0 Å². The maximum atomic E-state index is 11.6. The zero-order valence-corrected chi connectivity index (χ0v) is 11.9. The van der Waals surface area contributed by atoms with E-state index in [0.717, 1.165) is 12.0 Å². The minimum absolute atomic E-state index is 0.0140. The van der Waals surface area contributed by atoms with E-state index < -0.39 is 0 Å². The second-order valence-electron chi connectivity index (χ2n) is 4.61. The number of ether oxygens (including phenoxy) is 1. The molecule has 0 aromatic heterocycles. The normalized spacial score (nSPS) is 9.85. The smallest absolute Gasteiger partial charge is 0.333 e. The Bertz CT molecular complexity index is 454. The van der Waals surface area contributed by atoms with E-state index in [1.54, 1.807) is 6.92 Å². The van der Waals surface area contributed by atoms with Crippen molar-refractivity contribution < 1.29 is 14.3 Å². The highest BCUT2D eigenvalue weighted by Crippen LogP contribution is 2.02. The fourth-order valence-electron chi connectivity index (χ4n) is 1.58. The molecule has 1 aromatic rings. The van der Waals surface area contributed by atoms with E-state index in [-0.39, 0.29) is 11.9 Å². The van der Waals surface area contributed by atoms with Crippen LogP contribution in [0.3, 0.4) is 0 Å². The molecule has 0 saturated heterocycles. The second kappa shape index (κ2) is 8.91. The van der Waals surface area contributed by atoms with Gasteiger partial charge in [0.2, 0.25) is 5.91 Å². The zero-order chi connectivity index (χ0) is 14.8. The first-order valence-electron chi connectivity index (χ1n) is 6.73. The standard InChI is InChI=1S/C16H21NO3/c1-13(2)16(19)20-12-6-11-17-15(18)10-9-14-7-4-3-5-8-14/h3-5,7-8H,1,6,9-12H2,2H3,(H,17,18). The first kappa shape index (κ1) is 16.0. The van der Waals surface area contributed by atoms with Crippen molar-refractivity contribution in [3.63, 3.8) is 0 Å². The Balaban J connectivity index is 2.06. The van der Waals surface area contributed by atoms with E-state index in [4.69, 9.17) is 4.74 Å². The maximum Gasteiger partial charge on any atom is 0.333 e. The topological polar surface area (TPSA) is 55.4 Å². The highest BCUT2D eigenvalue weighted by atomic mass is 16.5. The summed E-state index contributed by atoms with van der Waals surface area (Å²) in [6.45, 7) is 5.90. The minimum Gasteiger partial charge on any atom is -0.462 e. The molecule has 108 valence electrons. The number of nitrogens with one attached hydrogen (secondary N) is 1. The van der Waals surface area contributed by atoms with E-state index in [2.05, 4.69) is 11.9 Å². The lowest BCUT2D eigenvalue weighted by Crippen LogP contribution is -2.25. The number of amides is 1. The lowest BCUT2D eigenvalue weighted by atomic mass is 10.1. The maximum absolute atomic E-state index is 11.6. The van der Waals surface area contributed by atoms with Gasteiger partial charge in [0, 0.05) is 18.5 Å². The summed E-state index contributed by atoms with van der Waals surface area (Å²) < 4.78 is 4.92. The van der Waals surface area contributed by atoms with Crippen LogP contribution in [-0.4, -0.2) is 25.0 Å². The zero-order valence-electron chi connectivity index (χ0n) is 11.9. The largest absolute Gasteiger partial charge is 0.462 e. The van der Waals surface area contributed by atoms with Gasteiger partial charge >= 0.3 is 5.97 Å². The number of hydrogen-bond acceptors (Lipinski definition) is 3. The van der Waals surface area contributed by atoms with Crippen molar-refractivity contribution in [1.29, 1.82) is 0 Å². The SMILES string of the molecule is C=C(C)C(=O)OCCCNC(=O)CCc1ccccc1. The second-order valence-corrected chi connectivity index (χ2v) is 4.61. The van der Waals surface area contributed by atoms with Crippen LogP contribution in [-0.2, 0) is 20.7 Å². The lowest BCUT2D eigenvalue weighted by molar-refractivity contribution is -0.138. The molecular formula is C16H21NO3. The molecule has 4 heteroatoms. The Morgan fingerprint density at radius 3 is 2.60 bits per heavy atom. The molecule has 1 aromatic carbocycles. The molecule has 0 aliphatic carbocycles. The molecule has 0 aliphatic heterocycles. The van der Waals surface area contributed by atoms with E-state index in [9.17, 15) is 9.59 Å². The van der Waals surface area contributed by atoms with Gasteiger partial charge in [0.15, 0.2) is 0 Å². The van der Waals surface area contributed by atoms with Crippen LogP contribution in [0.1, 0.15) is 25.3 Å². The van der Waals surface area contributed by atoms with Gasteiger partial charge in [-0.2, -0.15) is 0 Å². The molecule has 1 N–H and O–H groups in total. The van der Waals surface area contributed by atoms with Gasteiger partial charge in [0.25, 0.3) is 0 Å². The summed E-state index contributed by atoms with van der Waals surface area (Å²) >= 11 is 0. The summed E-state index contributed by atoms with van der Waals surface area (Å²) in [5.74, 6) is -0.375. The molecule has 4 nitrogen and oxygen atoms in total. The Labute approximate surface area is 119 Å². The molecule has 1 rings (SSSR count). The van der Waals surface area contributed by atoms with Crippen molar-refractivity contribution in [2.45, 2.75) is 26.2 Å². The Morgan fingerprint density at radius 1 is 1.25 bits per heavy atom.